The number of rotatable bonds is 7. The summed E-state index contributed by atoms with van der Waals surface area (Å²) in [7, 11) is 0. The fraction of sp³-hybridized carbons (Fsp3) is 0.346. The summed E-state index contributed by atoms with van der Waals surface area (Å²) in [5.74, 6) is 0.577. The second-order valence-electron chi connectivity index (χ2n) is 8.97. The first-order valence-corrected chi connectivity index (χ1v) is 11.2. The molecule has 1 N–H and O–H groups in total. The summed E-state index contributed by atoms with van der Waals surface area (Å²) < 4.78 is 0. The first-order valence-electron chi connectivity index (χ1n) is 10.3. The second kappa shape index (κ2) is 9.41. The molecule has 3 aromatic rings. The molecule has 1 heterocycles. The van der Waals surface area contributed by atoms with E-state index in [-0.39, 0.29) is 5.91 Å². The first kappa shape index (κ1) is 21.3. The SMILES string of the molecule is CC(CC(C)(C)C)c1ccc(-c2ccc(CCNC(=O)c3cccs3)cc2)cc1. The lowest BCUT2D eigenvalue weighted by Gasteiger charge is -2.23. The molecule has 3 heteroatoms. The molecule has 152 valence electrons. The van der Waals surface area contributed by atoms with Gasteiger partial charge in [0.25, 0.3) is 5.91 Å². The molecule has 2 nitrogen and oxygen atoms in total. The van der Waals surface area contributed by atoms with Crippen molar-refractivity contribution in [1.29, 1.82) is 0 Å². The molecule has 2 aromatic carbocycles. The van der Waals surface area contributed by atoms with Crippen molar-refractivity contribution >= 4 is 17.2 Å². The maximum atomic E-state index is 12.0. The van der Waals surface area contributed by atoms with Gasteiger partial charge in [-0.15, -0.1) is 11.3 Å². The van der Waals surface area contributed by atoms with E-state index in [0.29, 0.717) is 17.9 Å². The molecule has 0 radical (unpaired) electrons. The molecule has 0 spiro atoms. The molecule has 1 atom stereocenters. The molecule has 1 aromatic heterocycles. The topological polar surface area (TPSA) is 29.1 Å². The summed E-state index contributed by atoms with van der Waals surface area (Å²) in [6, 6.07) is 21.4. The van der Waals surface area contributed by atoms with Crippen molar-refractivity contribution in [2.24, 2.45) is 5.41 Å². The fourth-order valence-corrected chi connectivity index (χ4v) is 4.36. The second-order valence-corrected chi connectivity index (χ2v) is 9.92. The van der Waals surface area contributed by atoms with Crippen LogP contribution in [0, 0.1) is 5.41 Å². The van der Waals surface area contributed by atoms with Gasteiger partial charge in [-0.3, -0.25) is 4.79 Å². The van der Waals surface area contributed by atoms with Crippen LogP contribution in [0.25, 0.3) is 11.1 Å². The summed E-state index contributed by atoms with van der Waals surface area (Å²) in [6.45, 7) is 9.86. The molecule has 1 unspecified atom stereocenters. The molecule has 0 saturated carbocycles. The van der Waals surface area contributed by atoms with Crippen molar-refractivity contribution in [2.45, 2.75) is 46.5 Å². The van der Waals surface area contributed by atoms with E-state index in [9.17, 15) is 4.79 Å². The Morgan fingerprint density at radius 2 is 1.59 bits per heavy atom. The average Bonchev–Trinajstić information content (AvgIpc) is 3.22. The molecular weight excluding hydrogens is 374 g/mol. The highest BCUT2D eigenvalue weighted by molar-refractivity contribution is 7.12. The van der Waals surface area contributed by atoms with E-state index in [1.54, 1.807) is 0 Å². The molecule has 0 saturated heterocycles. The monoisotopic (exact) mass is 405 g/mol. The number of benzene rings is 2. The maximum Gasteiger partial charge on any atom is 0.261 e. The quantitative estimate of drug-likeness (QED) is 0.454. The van der Waals surface area contributed by atoms with Gasteiger partial charge in [-0.25, -0.2) is 0 Å². The van der Waals surface area contributed by atoms with E-state index in [0.717, 1.165) is 11.3 Å². The Labute approximate surface area is 179 Å². The third-order valence-electron chi connectivity index (χ3n) is 5.13. The summed E-state index contributed by atoms with van der Waals surface area (Å²) in [4.78, 5) is 12.8. The summed E-state index contributed by atoms with van der Waals surface area (Å²) in [5.41, 5.74) is 5.45. The number of carbonyl (C=O) groups excluding carboxylic acids is 1. The molecule has 3 rings (SSSR count). The molecule has 0 aliphatic carbocycles. The van der Waals surface area contributed by atoms with Crippen molar-refractivity contribution in [3.05, 3.63) is 82.0 Å². The minimum atomic E-state index is 0.0115. The van der Waals surface area contributed by atoms with Crippen molar-refractivity contribution in [2.75, 3.05) is 6.54 Å². The lowest BCUT2D eigenvalue weighted by molar-refractivity contribution is 0.0958. The summed E-state index contributed by atoms with van der Waals surface area (Å²) >= 11 is 1.47. The van der Waals surface area contributed by atoms with Gasteiger partial charge in [0.1, 0.15) is 0 Å². The maximum absolute atomic E-state index is 12.0. The van der Waals surface area contributed by atoms with Crippen LogP contribution in [0.2, 0.25) is 0 Å². The van der Waals surface area contributed by atoms with Gasteiger partial charge in [0.2, 0.25) is 0 Å². The van der Waals surface area contributed by atoms with Crippen LogP contribution in [0.5, 0.6) is 0 Å². The normalized spacial score (nSPS) is 12.6. The predicted molar refractivity (Wildman–Crippen MR) is 125 cm³/mol. The minimum Gasteiger partial charge on any atom is -0.351 e. The Bertz CT molecular complexity index is 903. The number of carbonyl (C=O) groups is 1. The van der Waals surface area contributed by atoms with Crippen LogP contribution in [0.3, 0.4) is 0 Å². The first-order chi connectivity index (χ1) is 13.8. The van der Waals surface area contributed by atoms with Crippen molar-refractivity contribution in [3.63, 3.8) is 0 Å². The standard InChI is InChI=1S/C26H31NOS/c1-19(18-26(2,3)4)21-11-13-23(14-12-21)22-9-7-20(8-10-22)15-16-27-25(28)24-6-5-17-29-24/h5-14,17,19H,15-16,18H2,1-4H3,(H,27,28). The Morgan fingerprint density at radius 3 is 2.14 bits per heavy atom. The number of hydrogen-bond donors (Lipinski definition) is 1. The molecular formula is C26H31NOS. The van der Waals surface area contributed by atoms with Gasteiger partial charge in [-0.1, -0.05) is 82.3 Å². The van der Waals surface area contributed by atoms with E-state index in [1.807, 2.05) is 17.5 Å². The van der Waals surface area contributed by atoms with Gasteiger partial charge in [0.15, 0.2) is 0 Å². The van der Waals surface area contributed by atoms with Gasteiger partial charge < -0.3 is 5.32 Å². The Morgan fingerprint density at radius 1 is 0.966 bits per heavy atom. The highest BCUT2D eigenvalue weighted by Crippen LogP contribution is 2.31. The van der Waals surface area contributed by atoms with Gasteiger partial charge >= 0.3 is 0 Å². The molecule has 0 bridgehead atoms. The lowest BCUT2D eigenvalue weighted by atomic mass is 9.82. The largest absolute Gasteiger partial charge is 0.351 e. The van der Waals surface area contributed by atoms with Crippen molar-refractivity contribution < 1.29 is 4.79 Å². The van der Waals surface area contributed by atoms with Crippen LogP contribution >= 0.6 is 11.3 Å². The highest BCUT2D eigenvalue weighted by atomic mass is 32.1. The highest BCUT2D eigenvalue weighted by Gasteiger charge is 2.16. The Kier molecular flexibility index (Phi) is 6.92. The van der Waals surface area contributed by atoms with E-state index in [2.05, 4.69) is 81.5 Å². The van der Waals surface area contributed by atoms with Gasteiger partial charge in [-0.2, -0.15) is 0 Å². The molecule has 29 heavy (non-hydrogen) atoms. The smallest absolute Gasteiger partial charge is 0.261 e. The zero-order valence-electron chi connectivity index (χ0n) is 17.9. The Hall–Kier alpha value is -2.39. The van der Waals surface area contributed by atoms with Crippen LogP contribution in [-0.4, -0.2) is 12.5 Å². The van der Waals surface area contributed by atoms with Crippen molar-refractivity contribution in [1.82, 2.24) is 5.32 Å². The molecule has 1 amide bonds. The van der Waals surface area contributed by atoms with Crippen LogP contribution in [0.15, 0.2) is 66.0 Å². The third-order valence-corrected chi connectivity index (χ3v) is 6.00. The van der Waals surface area contributed by atoms with E-state index >= 15 is 0 Å². The van der Waals surface area contributed by atoms with Gasteiger partial charge in [0.05, 0.1) is 4.88 Å². The zero-order valence-corrected chi connectivity index (χ0v) is 18.7. The number of hydrogen-bond acceptors (Lipinski definition) is 2. The molecule has 0 aliphatic heterocycles. The van der Waals surface area contributed by atoms with Crippen LogP contribution in [0.4, 0.5) is 0 Å². The average molecular weight is 406 g/mol. The fourth-order valence-electron chi connectivity index (χ4n) is 3.72. The van der Waals surface area contributed by atoms with E-state index in [1.165, 1.54) is 40.0 Å². The van der Waals surface area contributed by atoms with Crippen LogP contribution < -0.4 is 5.32 Å². The zero-order chi connectivity index (χ0) is 20.9. The summed E-state index contributed by atoms with van der Waals surface area (Å²) in [6.07, 6.45) is 2.02. The van der Waals surface area contributed by atoms with E-state index < -0.39 is 0 Å². The third kappa shape index (κ3) is 6.30. The van der Waals surface area contributed by atoms with Gasteiger partial charge in [-0.05, 0) is 57.9 Å². The predicted octanol–water partition coefficient (Wildman–Crippen LogP) is 6.93. The molecule has 0 aliphatic rings. The van der Waals surface area contributed by atoms with Crippen LogP contribution in [-0.2, 0) is 6.42 Å². The summed E-state index contributed by atoms with van der Waals surface area (Å²) in [5, 5.41) is 4.91. The Balaban J connectivity index is 1.55. The lowest BCUT2D eigenvalue weighted by Crippen LogP contribution is -2.24. The molecule has 0 fully saturated rings. The number of nitrogens with one attached hydrogen (secondary N) is 1. The minimum absolute atomic E-state index is 0.0115. The number of thiophene rings is 1. The number of amides is 1. The van der Waals surface area contributed by atoms with Gasteiger partial charge in [0, 0.05) is 6.54 Å². The van der Waals surface area contributed by atoms with Crippen LogP contribution in [0.1, 0.15) is 60.8 Å². The van der Waals surface area contributed by atoms with Crippen molar-refractivity contribution in [3.8, 4) is 11.1 Å². The van der Waals surface area contributed by atoms with E-state index in [4.69, 9.17) is 0 Å².